The quantitative estimate of drug-likeness (QED) is 0.512. The smallest absolute Gasteiger partial charge is 0.306 e. The van der Waals surface area contributed by atoms with Crippen molar-refractivity contribution in [2.75, 3.05) is 5.32 Å². The molecule has 0 radical (unpaired) electrons. The molecule has 0 aliphatic heterocycles. The molecular formula is C15H12FN3O3S. The van der Waals surface area contributed by atoms with Gasteiger partial charge in [0.1, 0.15) is 0 Å². The molecule has 0 unspecified atom stereocenters. The Hall–Kier alpha value is -2.87. The van der Waals surface area contributed by atoms with Crippen LogP contribution in [-0.4, -0.2) is 15.9 Å². The minimum absolute atomic E-state index is 0.0441. The van der Waals surface area contributed by atoms with Gasteiger partial charge in [-0.25, -0.2) is 0 Å². The maximum Gasteiger partial charge on any atom is 0.306 e. The molecule has 118 valence electrons. The van der Waals surface area contributed by atoms with E-state index in [9.17, 15) is 19.3 Å². The molecule has 2 rings (SSSR count). The number of benzene rings is 2. The van der Waals surface area contributed by atoms with Crippen LogP contribution in [0.25, 0.3) is 0 Å². The van der Waals surface area contributed by atoms with Gasteiger partial charge in [0.2, 0.25) is 5.82 Å². The van der Waals surface area contributed by atoms with Crippen LogP contribution in [-0.2, 0) is 0 Å². The van der Waals surface area contributed by atoms with Gasteiger partial charge in [-0.05, 0) is 43.4 Å². The fourth-order valence-electron chi connectivity index (χ4n) is 1.85. The maximum atomic E-state index is 13.3. The highest BCUT2D eigenvalue weighted by Gasteiger charge is 2.15. The van der Waals surface area contributed by atoms with E-state index in [0.717, 1.165) is 17.7 Å². The van der Waals surface area contributed by atoms with Gasteiger partial charge in [0, 0.05) is 17.3 Å². The fraction of sp³-hybridized carbons (Fsp3) is 0.0667. The van der Waals surface area contributed by atoms with Crippen molar-refractivity contribution in [1.29, 1.82) is 0 Å². The summed E-state index contributed by atoms with van der Waals surface area (Å²) in [6, 6.07) is 10.2. The molecule has 0 saturated carbocycles. The normalized spacial score (nSPS) is 10.0. The molecule has 0 aliphatic rings. The van der Waals surface area contributed by atoms with E-state index in [-0.39, 0.29) is 10.8 Å². The van der Waals surface area contributed by atoms with Crippen molar-refractivity contribution in [1.82, 2.24) is 5.32 Å². The summed E-state index contributed by atoms with van der Waals surface area (Å²) >= 11 is 4.98. The Balaban J connectivity index is 2.06. The average Bonchev–Trinajstić information content (AvgIpc) is 2.48. The van der Waals surface area contributed by atoms with E-state index in [2.05, 4.69) is 10.6 Å². The number of nitrogens with zero attached hydrogens (tertiary/aromatic N) is 1. The van der Waals surface area contributed by atoms with Crippen LogP contribution in [0.3, 0.4) is 0 Å². The van der Waals surface area contributed by atoms with Crippen molar-refractivity contribution in [2.45, 2.75) is 6.92 Å². The number of nitro benzene ring substituents is 1. The zero-order valence-corrected chi connectivity index (χ0v) is 12.8. The Labute approximate surface area is 136 Å². The monoisotopic (exact) mass is 333 g/mol. The molecule has 2 N–H and O–H groups in total. The summed E-state index contributed by atoms with van der Waals surface area (Å²) in [5, 5.41) is 15.7. The second-order valence-electron chi connectivity index (χ2n) is 4.70. The molecule has 0 aromatic heterocycles. The number of halogens is 1. The molecule has 23 heavy (non-hydrogen) atoms. The lowest BCUT2D eigenvalue weighted by molar-refractivity contribution is -0.387. The molecular weight excluding hydrogens is 321 g/mol. The first-order valence-corrected chi connectivity index (χ1v) is 6.90. The summed E-state index contributed by atoms with van der Waals surface area (Å²) in [6.07, 6.45) is 0. The van der Waals surface area contributed by atoms with Crippen LogP contribution in [0.5, 0.6) is 0 Å². The molecule has 0 atom stereocenters. The molecule has 6 nitrogen and oxygen atoms in total. The second kappa shape index (κ2) is 6.93. The summed E-state index contributed by atoms with van der Waals surface area (Å²) in [5.74, 6) is -1.36. The second-order valence-corrected chi connectivity index (χ2v) is 5.11. The number of aryl methyl sites for hydroxylation is 1. The summed E-state index contributed by atoms with van der Waals surface area (Å²) in [4.78, 5) is 21.9. The third-order valence-electron chi connectivity index (χ3n) is 2.91. The predicted molar refractivity (Wildman–Crippen MR) is 87.9 cm³/mol. The van der Waals surface area contributed by atoms with Crippen molar-refractivity contribution in [2.24, 2.45) is 0 Å². The number of rotatable bonds is 3. The van der Waals surface area contributed by atoms with Gasteiger partial charge in [-0.1, -0.05) is 17.7 Å². The number of hydrogen-bond donors (Lipinski definition) is 2. The first kappa shape index (κ1) is 16.5. The van der Waals surface area contributed by atoms with E-state index in [1.807, 2.05) is 13.0 Å². The number of carbonyl (C=O) groups is 1. The van der Waals surface area contributed by atoms with E-state index in [4.69, 9.17) is 12.2 Å². The molecule has 0 bridgehead atoms. The lowest BCUT2D eigenvalue weighted by Crippen LogP contribution is -2.34. The number of anilines is 1. The molecule has 1 amide bonds. The average molecular weight is 333 g/mol. The molecule has 0 aliphatic carbocycles. The van der Waals surface area contributed by atoms with Crippen molar-refractivity contribution in [3.05, 3.63) is 69.5 Å². The third kappa shape index (κ3) is 4.30. The zero-order chi connectivity index (χ0) is 17.0. The maximum absolute atomic E-state index is 13.3. The van der Waals surface area contributed by atoms with Gasteiger partial charge in [-0.3, -0.25) is 20.2 Å². The molecule has 8 heteroatoms. The van der Waals surface area contributed by atoms with Crippen LogP contribution in [0.4, 0.5) is 15.8 Å². The van der Waals surface area contributed by atoms with E-state index < -0.39 is 22.3 Å². The minimum Gasteiger partial charge on any atom is -0.332 e. The Bertz CT molecular complexity index is 795. The lowest BCUT2D eigenvalue weighted by Gasteiger charge is -2.10. The molecule has 0 heterocycles. The van der Waals surface area contributed by atoms with Crippen LogP contribution >= 0.6 is 12.2 Å². The van der Waals surface area contributed by atoms with Gasteiger partial charge in [0.05, 0.1) is 4.92 Å². The van der Waals surface area contributed by atoms with Gasteiger partial charge in [-0.15, -0.1) is 0 Å². The summed E-state index contributed by atoms with van der Waals surface area (Å²) in [6.45, 7) is 1.85. The van der Waals surface area contributed by atoms with Crippen LogP contribution in [0.15, 0.2) is 42.5 Å². The highest BCUT2D eigenvalue weighted by Crippen LogP contribution is 2.21. The van der Waals surface area contributed by atoms with E-state index in [1.54, 1.807) is 18.2 Å². The van der Waals surface area contributed by atoms with Gasteiger partial charge < -0.3 is 5.32 Å². The van der Waals surface area contributed by atoms with Crippen molar-refractivity contribution in [3.63, 3.8) is 0 Å². The van der Waals surface area contributed by atoms with Gasteiger partial charge in [0.25, 0.3) is 5.91 Å². The molecule has 2 aromatic rings. The summed E-state index contributed by atoms with van der Waals surface area (Å²) in [5.41, 5.74) is 0.875. The minimum atomic E-state index is -0.949. The highest BCUT2D eigenvalue weighted by atomic mass is 32.1. The first-order chi connectivity index (χ1) is 10.9. The standard InChI is InChI=1S/C15H12FN3O3S/c1-9-3-2-4-10(7-9)14(20)18-15(23)17-11-5-6-12(16)13(8-11)19(21)22/h2-8H,1H3,(H2,17,18,20,23). The number of hydrogen-bond acceptors (Lipinski definition) is 4. The topological polar surface area (TPSA) is 84.3 Å². The summed E-state index contributed by atoms with van der Waals surface area (Å²) < 4.78 is 13.3. The first-order valence-electron chi connectivity index (χ1n) is 6.50. The largest absolute Gasteiger partial charge is 0.332 e. The molecule has 2 aromatic carbocycles. The SMILES string of the molecule is Cc1cccc(C(=O)NC(=S)Nc2ccc(F)c([N+](=O)[O-])c2)c1. The third-order valence-corrected chi connectivity index (χ3v) is 3.11. The van der Waals surface area contributed by atoms with Gasteiger partial charge >= 0.3 is 5.69 Å². The molecule has 0 spiro atoms. The van der Waals surface area contributed by atoms with Crippen molar-refractivity contribution >= 4 is 34.6 Å². The van der Waals surface area contributed by atoms with E-state index in [1.165, 1.54) is 6.07 Å². The van der Waals surface area contributed by atoms with Crippen LogP contribution in [0.1, 0.15) is 15.9 Å². The summed E-state index contributed by atoms with van der Waals surface area (Å²) in [7, 11) is 0. The van der Waals surface area contributed by atoms with E-state index in [0.29, 0.717) is 5.56 Å². The predicted octanol–water partition coefficient (Wildman–Crippen LogP) is 3.17. The number of nitro groups is 1. The highest BCUT2D eigenvalue weighted by molar-refractivity contribution is 7.80. The molecule has 0 saturated heterocycles. The van der Waals surface area contributed by atoms with E-state index >= 15 is 0 Å². The zero-order valence-electron chi connectivity index (χ0n) is 12.0. The lowest BCUT2D eigenvalue weighted by atomic mass is 10.1. The Morgan fingerprint density at radius 2 is 2.00 bits per heavy atom. The van der Waals surface area contributed by atoms with Crippen LogP contribution < -0.4 is 10.6 Å². The number of nitrogens with one attached hydrogen (secondary N) is 2. The van der Waals surface area contributed by atoms with Crippen LogP contribution in [0, 0.1) is 22.9 Å². The Morgan fingerprint density at radius 3 is 2.65 bits per heavy atom. The number of amides is 1. The van der Waals surface area contributed by atoms with Crippen LogP contribution in [0.2, 0.25) is 0 Å². The fourth-order valence-corrected chi connectivity index (χ4v) is 2.06. The van der Waals surface area contributed by atoms with Crippen molar-refractivity contribution < 1.29 is 14.1 Å². The Morgan fingerprint density at radius 1 is 1.26 bits per heavy atom. The van der Waals surface area contributed by atoms with Gasteiger partial charge in [0.15, 0.2) is 5.11 Å². The van der Waals surface area contributed by atoms with Crippen molar-refractivity contribution in [3.8, 4) is 0 Å². The van der Waals surface area contributed by atoms with Gasteiger partial charge in [-0.2, -0.15) is 4.39 Å². The Kier molecular flexibility index (Phi) is 4.97. The molecule has 0 fully saturated rings. The number of thiocarbonyl (C=S) groups is 1. The number of carbonyl (C=O) groups excluding carboxylic acids is 1.